The van der Waals surface area contributed by atoms with Crippen molar-refractivity contribution in [3.05, 3.63) is 32.9 Å². The zero-order valence-electron chi connectivity index (χ0n) is 9.74. The van der Waals surface area contributed by atoms with Gasteiger partial charge < -0.3 is 9.30 Å². The topological polar surface area (TPSA) is 48.5 Å². The van der Waals surface area contributed by atoms with Gasteiger partial charge in [0.25, 0.3) is 5.56 Å². The van der Waals surface area contributed by atoms with Crippen LogP contribution in [0.3, 0.4) is 0 Å². The van der Waals surface area contributed by atoms with E-state index in [1.165, 1.54) is 13.3 Å². The highest BCUT2D eigenvalue weighted by Gasteiger charge is 2.36. The summed E-state index contributed by atoms with van der Waals surface area (Å²) in [5.74, 6) is -0.0717. The Kier molecular flexibility index (Phi) is 3.68. The Hall–Kier alpha value is -1.35. The number of hydrogen-bond donors (Lipinski definition) is 0. The van der Waals surface area contributed by atoms with Gasteiger partial charge in [-0.15, -0.1) is 0 Å². The number of hydrogen-bond acceptors (Lipinski definition) is 3. The molecule has 0 aliphatic rings. The molecule has 0 fully saturated rings. The predicted molar refractivity (Wildman–Crippen MR) is 64.0 cm³/mol. The molecule has 0 bridgehead atoms. The SMILES string of the molecule is COCCn1c(C(F)(F)F)cn2c(=O)c(Br)cnc12. The summed E-state index contributed by atoms with van der Waals surface area (Å²) in [6.07, 6.45) is -2.65. The maximum atomic E-state index is 12.9. The van der Waals surface area contributed by atoms with Crippen LogP contribution >= 0.6 is 15.9 Å². The second kappa shape index (κ2) is 4.97. The summed E-state index contributed by atoms with van der Waals surface area (Å²) in [5, 5.41) is 0. The highest BCUT2D eigenvalue weighted by atomic mass is 79.9. The van der Waals surface area contributed by atoms with Gasteiger partial charge in [-0.2, -0.15) is 13.2 Å². The van der Waals surface area contributed by atoms with Gasteiger partial charge in [-0.25, -0.2) is 4.98 Å². The van der Waals surface area contributed by atoms with Gasteiger partial charge in [0.2, 0.25) is 5.78 Å². The van der Waals surface area contributed by atoms with Crippen LogP contribution in [0.5, 0.6) is 0 Å². The summed E-state index contributed by atoms with van der Waals surface area (Å²) in [5.41, 5.74) is -1.53. The lowest BCUT2D eigenvalue weighted by atomic mass is 10.4. The molecule has 0 saturated carbocycles. The Morgan fingerprint density at radius 3 is 2.74 bits per heavy atom. The molecule has 104 valence electrons. The molecule has 0 N–H and O–H groups in total. The first-order chi connectivity index (χ1) is 8.86. The zero-order chi connectivity index (χ0) is 14.2. The maximum Gasteiger partial charge on any atom is 0.432 e. The number of aromatic nitrogens is 3. The van der Waals surface area contributed by atoms with E-state index >= 15 is 0 Å². The van der Waals surface area contributed by atoms with Crippen molar-refractivity contribution in [3.8, 4) is 0 Å². The molecule has 2 aromatic heterocycles. The van der Waals surface area contributed by atoms with Crippen molar-refractivity contribution < 1.29 is 17.9 Å². The fraction of sp³-hybridized carbons (Fsp3) is 0.400. The summed E-state index contributed by atoms with van der Waals surface area (Å²) in [4.78, 5) is 15.6. The van der Waals surface area contributed by atoms with Gasteiger partial charge in [0.05, 0.1) is 12.8 Å². The van der Waals surface area contributed by atoms with Crippen LogP contribution in [0.25, 0.3) is 5.78 Å². The number of halogens is 4. The molecule has 19 heavy (non-hydrogen) atoms. The van der Waals surface area contributed by atoms with E-state index in [0.29, 0.717) is 0 Å². The van der Waals surface area contributed by atoms with Crippen molar-refractivity contribution in [2.45, 2.75) is 12.7 Å². The maximum absolute atomic E-state index is 12.9. The number of rotatable bonds is 3. The number of imidazole rings is 1. The third-order valence-electron chi connectivity index (χ3n) is 2.52. The Balaban J connectivity index is 2.73. The molecule has 0 aliphatic heterocycles. The predicted octanol–water partition coefficient (Wildman–Crippen LogP) is 1.92. The minimum Gasteiger partial charge on any atom is -0.383 e. The lowest BCUT2D eigenvalue weighted by Gasteiger charge is -2.10. The van der Waals surface area contributed by atoms with Crippen LogP contribution in [0.1, 0.15) is 5.69 Å². The molecule has 0 saturated heterocycles. The molecule has 0 aliphatic carbocycles. The number of alkyl halides is 3. The van der Waals surface area contributed by atoms with Crippen LogP contribution in [0, 0.1) is 0 Å². The van der Waals surface area contributed by atoms with Gasteiger partial charge in [0, 0.05) is 19.9 Å². The molecule has 2 heterocycles. The van der Waals surface area contributed by atoms with Crippen LogP contribution in [0.4, 0.5) is 13.2 Å². The standard InChI is InChI=1S/C10H9BrF3N3O2/c1-19-3-2-16-7(10(12,13)14)5-17-8(18)6(11)4-15-9(16)17/h4-5H,2-3H2,1H3. The van der Waals surface area contributed by atoms with Crippen LogP contribution < -0.4 is 5.56 Å². The second-order valence-corrected chi connectivity index (χ2v) is 4.59. The fourth-order valence-electron chi connectivity index (χ4n) is 1.68. The summed E-state index contributed by atoms with van der Waals surface area (Å²) < 4.78 is 45.4. The van der Waals surface area contributed by atoms with E-state index in [-0.39, 0.29) is 23.4 Å². The van der Waals surface area contributed by atoms with Crippen molar-refractivity contribution in [3.63, 3.8) is 0 Å². The molecule has 2 rings (SSSR count). The molecule has 2 aromatic rings. The highest BCUT2D eigenvalue weighted by molar-refractivity contribution is 9.10. The monoisotopic (exact) mass is 339 g/mol. The van der Waals surface area contributed by atoms with Crippen LogP contribution in [0.15, 0.2) is 21.7 Å². The van der Waals surface area contributed by atoms with Crippen molar-refractivity contribution in [2.75, 3.05) is 13.7 Å². The smallest absolute Gasteiger partial charge is 0.383 e. The van der Waals surface area contributed by atoms with E-state index in [4.69, 9.17) is 4.74 Å². The minimum absolute atomic E-state index is 0.0457. The molecule has 0 aromatic carbocycles. The Bertz CT molecular complexity index is 662. The van der Waals surface area contributed by atoms with E-state index < -0.39 is 17.4 Å². The quantitative estimate of drug-likeness (QED) is 0.858. The van der Waals surface area contributed by atoms with Gasteiger partial charge >= 0.3 is 6.18 Å². The van der Waals surface area contributed by atoms with Gasteiger partial charge in [0.15, 0.2) is 0 Å². The van der Waals surface area contributed by atoms with Crippen LogP contribution in [0.2, 0.25) is 0 Å². The third-order valence-corrected chi connectivity index (χ3v) is 3.07. The highest BCUT2D eigenvalue weighted by Crippen LogP contribution is 2.30. The van der Waals surface area contributed by atoms with E-state index in [1.54, 1.807) is 0 Å². The molecular formula is C10H9BrF3N3O2. The van der Waals surface area contributed by atoms with Crippen molar-refractivity contribution in [1.29, 1.82) is 0 Å². The first kappa shape index (κ1) is 14.1. The second-order valence-electron chi connectivity index (χ2n) is 3.74. The molecule has 0 unspecified atom stereocenters. The van der Waals surface area contributed by atoms with Crippen molar-refractivity contribution >= 4 is 21.7 Å². The Morgan fingerprint density at radius 2 is 2.16 bits per heavy atom. The van der Waals surface area contributed by atoms with Crippen LogP contribution in [-0.4, -0.2) is 27.7 Å². The molecule has 0 spiro atoms. The average molecular weight is 340 g/mol. The van der Waals surface area contributed by atoms with E-state index in [9.17, 15) is 18.0 Å². The lowest BCUT2D eigenvalue weighted by molar-refractivity contribution is -0.143. The first-order valence-corrected chi connectivity index (χ1v) is 5.98. The number of nitrogens with zero attached hydrogens (tertiary/aromatic N) is 3. The summed E-state index contributed by atoms with van der Waals surface area (Å²) in [6.45, 7) is 0.0370. The van der Waals surface area contributed by atoms with Gasteiger partial charge in [-0.1, -0.05) is 0 Å². The van der Waals surface area contributed by atoms with E-state index in [1.807, 2.05) is 0 Å². The molecule has 0 amide bonds. The number of ether oxygens (including phenoxy) is 1. The number of methoxy groups -OCH3 is 1. The number of fused-ring (bicyclic) bond motifs is 1. The van der Waals surface area contributed by atoms with E-state index in [0.717, 1.165) is 15.2 Å². The van der Waals surface area contributed by atoms with E-state index in [2.05, 4.69) is 20.9 Å². The lowest BCUT2D eigenvalue weighted by Crippen LogP contribution is -2.17. The van der Waals surface area contributed by atoms with Crippen molar-refractivity contribution in [2.24, 2.45) is 0 Å². The zero-order valence-corrected chi connectivity index (χ0v) is 11.3. The minimum atomic E-state index is -4.57. The molecule has 0 atom stereocenters. The van der Waals surface area contributed by atoms with Gasteiger partial charge in [-0.05, 0) is 15.9 Å². The van der Waals surface area contributed by atoms with Crippen LogP contribution in [-0.2, 0) is 17.5 Å². The summed E-state index contributed by atoms with van der Waals surface area (Å²) >= 11 is 2.94. The van der Waals surface area contributed by atoms with Crippen molar-refractivity contribution in [1.82, 2.24) is 14.0 Å². The molecule has 0 radical (unpaired) electrons. The van der Waals surface area contributed by atoms with Gasteiger partial charge in [0.1, 0.15) is 10.2 Å². The largest absolute Gasteiger partial charge is 0.432 e. The Labute approximate surface area is 113 Å². The molecule has 9 heteroatoms. The molecular weight excluding hydrogens is 331 g/mol. The first-order valence-electron chi connectivity index (χ1n) is 5.18. The average Bonchev–Trinajstić information content (AvgIpc) is 2.70. The van der Waals surface area contributed by atoms with Gasteiger partial charge in [-0.3, -0.25) is 9.20 Å². The Morgan fingerprint density at radius 1 is 1.47 bits per heavy atom. The summed E-state index contributed by atoms with van der Waals surface area (Å²) in [6, 6.07) is 0. The fourth-order valence-corrected chi connectivity index (χ4v) is 1.98. The third kappa shape index (κ3) is 2.52. The normalized spacial score (nSPS) is 12.3. The summed E-state index contributed by atoms with van der Waals surface area (Å²) in [7, 11) is 1.38. The molecule has 5 nitrogen and oxygen atoms in total.